The zero-order valence-electron chi connectivity index (χ0n) is 27.2. The molecule has 3 rings (SSSR count). The average molecular weight is 681 g/mol. The van der Waals surface area contributed by atoms with E-state index in [9.17, 15) is 44.4 Å². The molecule has 1 unspecified atom stereocenters. The first-order valence-corrected chi connectivity index (χ1v) is 15.6. The third-order valence-corrected chi connectivity index (χ3v) is 7.31. The highest BCUT2D eigenvalue weighted by Gasteiger charge is 2.48. The number of hydrogen-bond acceptors (Lipinski definition) is 13. The molecule has 5 N–H and O–H groups in total. The first kappa shape index (κ1) is 38.4. The molecule has 1 aromatic carbocycles. The van der Waals surface area contributed by atoms with E-state index >= 15 is 0 Å². The Morgan fingerprint density at radius 2 is 1.65 bits per heavy atom. The number of esters is 1. The number of nitrogens with zero attached hydrogens (tertiary/aromatic N) is 1. The molecule has 2 aliphatic rings. The third kappa shape index (κ3) is 11.3. The van der Waals surface area contributed by atoms with Crippen LogP contribution in [-0.2, 0) is 44.8 Å². The van der Waals surface area contributed by atoms with Crippen molar-refractivity contribution >= 4 is 29.7 Å². The predicted octanol–water partition coefficient (Wildman–Crippen LogP) is 0.0439. The van der Waals surface area contributed by atoms with E-state index in [0.717, 1.165) is 0 Å². The SMILES string of the molecule is CC(C)(C)C(=O)OCc1ccc(O[C@@H]2OC(C(=O)O)[C@@H](O)[C@H](O)[C@H]2O)cc1OCCOCCNC(=O)CCCCCN1C(=O)C=CC1=O. The molecule has 1 fully saturated rings. The summed E-state index contributed by atoms with van der Waals surface area (Å²) in [5, 5.41) is 42.3. The number of carboxylic acids is 1. The summed E-state index contributed by atoms with van der Waals surface area (Å²) >= 11 is 0. The van der Waals surface area contributed by atoms with Crippen molar-refractivity contribution in [1.82, 2.24) is 10.2 Å². The van der Waals surface area contributed by atoms with Gasteiger partial charge in [-0.25, -0.2) is 4.79 Å². The summed E-state index contributed by atoms with van der Waals surface area (Å²) in [6.45, 7) is 5.94. The quantitative estimate of drug-likeness (QED) is 0.0784. The maximum atomic E-state index is 12.3. The molecular weight excluding hydrogens is 636 g/mol. The van der Waals surface area contributed by atoms with Crippen molar-refractivity contribution in [2.75, 3.05) is 32.9 Å². The minimum absolute atomic E-state index is 0.0453. The molecule has 48 heavy (non-hydrogen) atoms. The highest BCUT2D eigenvalue weighted by Crippen LogP contribution is 2.30. The van der Waals surface area contributed by atoms with Gasteiger partial charge in [-0.3, -0.25) is 24.1 Å². The Labute approximate surface area is 277 Å². The number of aliphatic hydroxyl groups is 3. The van der Waals surface area contributed by atoms with Crippen LogP contribution < -0.4 is 14.8 Å². The Morgan fingerprint density at radius 3 is 2.31 bits per heavy atom. The van der Waals surface area contributed by atoms with Crippen LogP contribution in [0.4, 0.5) is 0 Å². The Balaban J connectivity index is 1.45. The van der Waals surface area contributed by atoms with Crippen LogP contribution >= 0.6 is 0 Å². The molecule has 5 atom stereocenters. The van der Waals surface area contributed by atoms with Gasteiger partial charge in [0.1, 0.15) is 43.0 Å². The van der Waals surface area contributed by atoms with E-state index in [2.05, 4.69) is 5.32 Å². The first-order valence-electron chi connectivity index (χ1n) is 15.6. The number of aliphatic hydroxyl groups excluding tert-OH is 3. The lowest BCUT2D eigenvalue weighted by molar-refractivity contribution is -0.271. The van der Waals surface area contributed by atoms with Gasteiger partial charge in [0.2, 0.25) is 12.2 Å². The number of carboxylic acid groups (broad SMARTS) is 1. The number of benzene rings is 1. The lowest BCUT2D eigenvalue weighted by Gasteiger charge is -2.38. The van der Waals surface area contributed by atoms with Crippen LogP contribution in [0.15, 0.2) is 30.4 Å². The molecule has 1 saturated heterocycles. The molecular formula is C32H44N2O14. The van der Waals surface area contributed by atoms with Gasteiger partial charge in [0.25, 0.3) is 11.8 Å². The summed E-state index contributed by atoms with van der Waals surface area (Å²) in [5.74, 6) is -2.51. The van der Waals surface area contributed by atoms with Crippen molar-refractivity contribution < 1.29 is 68.1 Å². The van der Waals surface area contributed by atoms with Crippen molar-refractivity contribution in [2.45, 2.75) is 83.8 Å². The minimum Gasteiger partial charge on any atom is -0.491 e. The second-order valence-corrected chi connectivity index (χ2v) is 12.2. The second-order valence-electron chi connectivity index (χ2n) is 12.2. The number of ether oxygens (including phenoxy) is 5. The molecule has 266 valence electrons. The molecule has 0 radical (unpaired) electrons. The van der Waals surface area contributed by atoms with Gasteiger partial charge in [0, 0.05) is 43.3 Å². The van der Waals surface area contributed by atoms with Gasteiger partial charge in [-0.05, 0) is 45.7 Å². The standard InChI is InChI=1S/C32H44N2O14/c1-32(2,3)31(43)46-18-19-8-9-20(47-30-27(40)25(38)26(39)28(48-30)29(41)42)17-21(19)45-16-15-44-14-12-33-22(35)7-5-4-6-13-34-23(36)10-11-24(34)37/h8-11,17,25-28,30,38-40H,4-7,12-16,18H2,1-3H3,(H,33,35)(H,41,42)/t25-,26-,27+,28?,30+/m0/s1. The molecule has 2 heterocycles. The summed E-state index contributed by atoms with van der Waals surface area (Å²) in [6.07, 6.45) is -4.29. The molecule has 3 amide bonds. The Bertz CT molecular complexity index is 1310. The number of aliphatic carboxylic acids is 1. The Morgan fingerprint density at radius 1 is 0.938 bits per heavy atom. The number of imide groups is 1. The normalized spacial score (nSPS) is 22.5. The number of rotatable bonds is 18. The third-order valence-electron chi connectivity index (χ3n) is 7.31. The minimum atomic E-state index is -1.87. The molecule has 0 bridgehead atoms. The van der Waals surface area contributed by atoms with Gasteiger partial charge in [-0.2, -0.15) is 0 Å². The van der Waals surface area contributed by atoms with E-state index in [0.29, 0.717) is 37.8 Å². The Kier molecular flexibility index (Phi) is 14.3. The van der Waals surface area contributed by atoms with Crippen LogP contribution in [0.5, 0.6) is 11.5 Å². The Hall–Kier alpha value is -4.09. The van der Waals surface area contributed by atoms with Crippen LogP contribution in [0.2, 0.25) is 0 Å². The smallest absolute Gasteiger partial charge is 0.335 e. The highest BCUT2D eigenvalue weighted by molar-refractivity contribution is 6.12. The average Bonchev–Trinajstić information content (AvgIpc) is 3.35. The maximum absolute atomic E-state index is 12.3. The van der Waals surface area contributed by atoms with Gasteiger partial charge in [0.05, 0.1) is 18.6 Å². The molecule has 2 aliphatic heterocycles. The van der Waals surface area contributed by atoms with Crippen molar-refractivity contribution in [1.29, 1.82) is 0 Å². The van der Waals surface area contributed by atoms with Crippen molar-refractivity contribution in [2.24, 2.45) is 5.41 Å². The monoisotopic (exact) mass is 680 g/mol. The van der Waals surface area contributed by atoms with E-state index in [1.165, 1.54) is 35.3 Å². The van der Waals surface area contributed by atoms with Crippen molar-refractivity contribution in [3.63, 3.8) is 0 Å². The fraction of sp³-hybridized carbons (Fsp3) is 0.594. The van der Waals surface area contributed by atoms with E-state index < -0.39 is 48.1 Å². The number of nitrogens with one attached hydrogen (secondary N) is 1. The predicted molar refractivity (Wildman–Crippen MR) is 164 cm³/mol. The molecule has 0 saturated carbocycles. The van der Waals surface area contributed by atoms with Crippen LogP contribution in [-0.4, -0.2) is 119 Å². The van der Waals surface area contributed by atoms with E-state index in [1.807, 2.05) is 0 Å². The summed E-state index contributed by atoms with van der Waals surface area (Å²) < 4.78 is 27.6. The summed E-state index contributed by atoms with van der Waals surface area (Å²) in [6, 6.07) is 4.39. The molecule has 1 aromatic rings. The fourth-order valence-corrected chi connectivity index (χ4v) is 4.55. The summed E-state index contributed by atoms with van der Waals surface area (Å²) in [7, 11) is 0. The zero-order chi connectivity index (χ0) is 35.4. The van der Waals surface area contributed by atoms with E-state index in [1.54, 1.807) is 20.8 Å². The van der Waals surface area contributed by atoms with Crippen LogP contribution in [0.3, 0.4) is 0 Å². The topological polar surface area (TPSA) is 228 Å². The lowest BCUT2D eigenvalue weighted by Crippen LogP contribution is -2.61. The number of unbranched alkanes of at least 4 members (excludes halogenated alkanes) is 2. The molecule has 16 heteroatoms. The van der Waals surface area contributed by atoms with Gasteiger partial charge in [-0.15, -0.1) is 0 Å². The number of amides is 3. The van der Waals surface area contributed by atoms with Crippen molar-refractivity contribution in [3.8, 4) is 11.5 Å². The zero-order valence-corrected chi connectivity index (χ0v) is 27.2. The first-order chi connectivity index (χ1) is 22.7. The van der Waals surface area contributed by atoms with Crippen LogP contribution in [0.1, 0.15) is 52.0 Å². The molecule has 16 nitrogen and oxygen atoms in total. The number of hydrogen-bond donors (Lipinski definition) is 5. The lowest BCUT2D eigenvalue weighted by atomic mass is 9.97. The van der Waals surface area contributed by atoms with Gasteiger partial charge in [0.15, 0.2) is 6.10 Å². The maximum Gasteiger partial charge on any atom is 0.335 e. The van der Waals surface area contributed by atoms with Crippen LogP contribution in [0.25, 0.3) is 0 Å². The van der Waals surface area contributed by atoms with Crippen LogP contribution in [0, 0.1) is 5.41 Å². The fourth-order valence-electron chi connectivity index (χ4n) is 4.55. The second kappa shape index (κ2) is 17.9. The van der Waals surface area contributed by atoms with Gasteiger partial charge >= 0.3 is 11.9 Å². The van der Waals surface area contributed by atoms with E-state index in [-0.39, 0.29) is 62.2 Å². The highest BCUT2D eigenvalue weighted by atomic mass is 16.7. The molecule has 0 aromatic heterocycles. The molecule has 0 aliphatic carbocycles. The summed E-state index contributed by atoms with van der Waals surface area (Å²) in [4.78, 5) is 60.1. The number of carbonyl (C=O) groups excluding carboxylic acids is 4. The largest absolute Gasteiger partial charge is 0.491 e. The number of carbonyl (C=O) groups is 5. The molecule has 0 spiro atoms. The van der Waals surface area contributed by atoms with E-state index in [4.69, 9.17) is 23.7 Å². The van der Waals surface area contributed by atoms with Gasteiger partial charge < -0.3 is 49.4 Å². The summed E-state index contributed by atoms with van der Waals surface area (Å²) in [5.41, 5.74) is -0.283. The van der Waals surface area contributed by atoms with Crippen molar-refractivity contribution in [3.05, 3.63) is 35.9 Å². The van der Waals surface area contributed by atoms with Gasteiger partial charge in [-0.1, -0.05) is 6.42 Å².